The minimum atomic E-state index is -3.56. The second kappa shape index (κ2) is 7.16. The molecule has 1 saturated heterocycles. The summed E-state index contributed by atoms with van der Waals surface area (Å²) in [6, 6.07) is 6.82. The quantitative estimate of drug-likeness (QED) is 0.802. The fourth-order valence-electron chi connectivity index (χ4n) is 2.75. The molecule has 2 heterocycles. The molecule has 0 spiro atoms. The van der Waals surface area contributed by atoms with E-state index in [0.29, 0.717) is 5.89 Å². The third-order valence-electron chi connectivity index (χ3n) is 4.27. The van der Waals surface area contributed by atoms with Crippen LogP contribution in [0.5, 0.6) is 0 Å². The van der Waals surface area contributed by atoms with Gasteiger partial charge in [0.25, 0.3) is 0 Å². The van der Waals surface area contributed by atoms with Gasteiger partial charge in [-0.2, -0.15) is 4.31 Å². The lowest BCUT2D eigenvalue weighted by atomic mass is 10.2. The van der Waals surface area contributed by atoms with Crippen molar-refractivity contribution < 1.29 is 17.6 Å². The van der Waals surface area contributed by atoms with Gasteiger partial charge in [0.15, 0.2) is 0 Å². The molecule has 0 N–H and O–H groups in total. The van der Waals surface area contributed by atoms with E-state index < -0.39 is 10.0 Å². The van der Waals surface area contributed by atoms with Crippen LogP contribution in [-0.4, -0.2) is 59.9 Å². The molecule has 1 aliphatic rings. The van der Waals surface area contributed by atoms with Crippen LogP contribution in [0.1, 0.15) is 41.9 Å². The molecular weight excluding hydrogens is 356 g/mol. The van der Waals surface area contributed by atoms with Gasteiger partial charge in [-0.15, -0.1) is 10.2 Å². The number of carbonyl (C=O) groups excluding carboxylic acids is 1. The Kier molecular flexibility index (Phi) is 5.10. The number of nitrogens with zero attached hydrogens (tertiary/aromatic N) is 4. The third kappa shape index (κ3) is 3.63. The molecule has 8 nitrogen and oxygen atoms in total. The molecule has 0 saturated carbocycles. The van der Waals surface area contributed by atoms with Crippen LogP contribution in [0, 0.1) is 6.92 Å². The molecule has 9 heteroatoms. The first kappa shape index (κ1) is 18.5. The highest BCUT2D eigenvalue weighted by Gasteiger charge is 2.32. The fraction of sp³-hybridized carbons (Fsp3) is 0.471. The van der Waals surface area contributed by atoms with Gasteiger partial charge in [0.1, 0.15) is 0 Å². The first-order valence-corrected chi connectivity index (χ1v) is 9.92. The maximum absolute atomic E-state index is 12.7. The Morgan fingerprint density at radius 3 is 2.42 bits per heavy atom. The highest BCUT2D eigenvalue weighted by atomic mass is 32.2. The van der Waals surface area contributed by atoms with Gasteiger partial charge in [0, 0.05) is 32.1 Å². The average molecular weight is 378 g/mol. The number of piperazine rings is 1. The van der Waals surface area contributed by atoms with Gasteiger partial charge in [-0.1, -0.05) is 26.0 Å². The highest BCUT2D eigenvalue weighted by molar-refractivity contribution is 7.89. The molecule has 0 aliphatic carbocycles. The van der Waals surface area contributed by atoms with Crippen LogP contribution in [0.2, 0.25) is 0 Å². The zero-order chi connectivity index (χ0) is 18.9. The van der Waals surface area contributed by atoms with E-state index >= 15 is 0 Å². The summed E-state index contributed by atoms with van der Waals surface area (Å²) < 4.78 is 32.3. The van der Waals surface area contributed by atoms with Crippen molar-refractivity contribution in [3.05, 3.63) is 41.6 Å². The Morgan fingerprint density at radius 1 is 1.15 bits per heavy atom. The molecule has 0 unspecified atom stereocenters. The van der Waals surface area contributed by atoms with Crippen LogP contribution in [0.4, 0.5) is 0 Å². The number of aryl methyl sites for hydroxylation is 1. The van der Waals surface area contributed by atoms with Crippen molar-refractivity contribution in [1.29, 1.82) is 0 Å². The first-order valence-electron chi connectivity index (χ1n) is 8.48. The number of rotatable bonds is 4. The zero-order valence-electron chi connectivity index (χ0n) is 15.0. The number of sulfonamides is 1. The molecule has 1 amide bonds. The standard InChI is InChI=1S/C17H22N4O4S/c1-12(2)15-18-19-16(25-15)17(22)20-7-9-21(10-8-20)26(23,24)14-6-4-5-13(3)11-14/h4-6,11-12H,7-10H2,1-3H3. The van der Waals surface area contributed by atoms with Crippen LogP contribution in [0.15, 0.2) is 33.6 Å². The summed E-state index contributed by atoms with van der Waals surface area (Å²) in [4.78, 5) is 14.3. The van der Waals surface area contributed by atoms with E-state index in [4.69, 9.17) is 4.42 Å². The van der Waals surface area contributed by atoms with Crippen molar-refractivity contribution in [2.24, 2.45) is 0 Å². The molecule has 0 bridgehead atoms. The minimum absolute atomic E-state index is 0.0420. The smallest absolute Gasteiger partial charge is 0.311 e. The summed E-state index contributed by atoms with van der Waals surface area (Å²) >= 11 is 0. The van der Waals surface area contributed by atoms with E-state index in [0.717, 1.165) is 5.56 Å². The molecule has 1 aromatic carbocycles. The second-order valence-electron chi connectivity index (χ2n) is 6.61. The lowest BCUT2D eigenvalue weighted by Crippen LogP contribution is -2.50. The SMILES string of the molecule is Cc1cccc(S(=O)(=O)N2CCN(C(=O)c3nnc(C(C)C)o3)CC2)c1. The van der Waals surface area contributed by atoms with Gasteiger partial charge < -0.3 is 9.32 Å². The molecule has 3 rings (SSSR count). The fourth-order valence-corrected chi connectivity index (χ4v) is 4.27. The number of carbonyl (C=O) groups is 1. The van der Waals surface area contributed by atoms with Gasteiger partial charge in [-0.05, 0) is 24.6 Å². The summed E-state index contributed by atoms with van der Waals surface area (Å²) in [7, 11) is -3.56. The van der Waals surface area contributed by atoms with E-state index in [1.807, 2.05) is 26.8 Å². The van der Waals surface area contributed by atoms with Crippen LogP contribution in [-0.2, 0) is 10.0 Å². The highest BCUT2D eigenvalue weighted by Crippen LogP contribution is 2.20. The summed E-state index contributed by atoms with van der Waals surface area (Å²) in [5.41, 5.74) is 0.886. The molecule has 1 fully saturated rings. The summed E-state index contributed by atoms with van der Waals surface area (Å²) in [6.07, 6.45) is 0. The molecule has 1 aliphatic heterocycles. The van der Waals surface area contributed by atoms with Crippen molar-refractivity contribution in [1.82, 2.24) is 19.4 Å². The number of aromatic nitrogens is 2. The zero-order valence-corrected chi connectivity index (χ0v) is 15.9. The predicted molar refractivity (Wildman–Crippen MR) is 94.2 cm³/mol. The van der Waals surface area contributed by atoms with E-state index in [9.17, 15) is 13.2 Å². The summed E-state index contributed by atoms with van der Waals surface area (Å²) in [6.45, 7) is 6.67. The van der Waals surface area contributed by atoms with E-state index in [-0.39, 0.29) is 48.8 Å². The minimum Gasteiger partial charge on any atom is -0.417 e. The Bertz CT molecular complexity index is 899. The molecule has 0 radical (unpaired) electrons. The number of hydrogen-bond acceptors (Lipinski definition) is 6. The van der Waals surface area contributed by atoms with E-state index in [1.165, 1.54) is 4.31 Å². The molecular formula is C17H22N4O4S. The maximum Gasteiger partial charge on any atom is 0.311 e. The van der Waals surface area contributed by atoms with Gasteiger partial charge in [-0.3, -0.25) is 4.79 Å². The van der Waals surface area contributed by atoms with Crippen molar-refractivity contribution >= 4 is 15.9 Å². The Morgan fingerprint density at radius 2 is 1.85 bits per heavy atom. The maximum atomic E-state index is 12.7. The van der Waals surface area contributed by atoms with Crippen molar-refractivity contribution in [3.63, 3.8) is 0 Å². The Balaban J connectivity index is 1.67. The molecule has 140 valence electrons. The van der Waals surface area contributed by atoms with Gasteiger partial charge in [0.05, 0.1) is 4.90 Å². The lowest BCUT2D eigenvalue weighted by Gasteiger charge is -2.33. The predicted octanol–water partition coefficient (Wildman–Crippen LogP) is 1.65. The van der Waals surface area contributed by atoms with Crippen LogP contribution in [0.25, 0.3) is 0 Å². The normalized spacial score (nSPS) is 16.2. The van der Waals surface area contributed by atoms with Crippen LogP contribution < -0.4 is 0 Å². The van der Waals surface area contributed by atoms with Gasteiger partial charge in [-0.25, -0.2) is 8.42 Å². The van der Waals surface area contributed by atoms with Crippen molar-refractivity contribution in [2.75, 3.05) is 26.2 Å². The monoisotopic (exact) mass is 378 g/mol. The lowest BCUT2D eigenvalue weighted by molar-refractivity contribution is 0.0655. The topological polar surface area (TPSA) is 96.6 Å². The van der Waals surface area contributed by atoms with Crippen molar-refractivity contribution in [3.8, 4) is 0 Å². The van der Waals surface area contributed by atoms with E-state index in [1.54, 1.807) is 23.1 Å². The number of hydrogen-bond donors (Lipinski definition) is 0. The van der Waals surface area contributed by atoms with Crippen LogP contribution >= 0.6 is 0 Å². The van der Waals surface area contributed by atoms with E-state index in [2.05, 4.69) is 10.2 Å². The second-order valence-corrected chi connectivity index (χ2v) is 8.55. The average Bonchev–Trinajstić information content (AvgIpc) is 3.11. The van der Waals surface area contributed by atoms with Crippen LogP contribution in [0.3, 0.4) is 0 Å². The molecule has 1 aromatic heterocycles. The largest absolute Gasteiger partial charge is 0.417 e. The first-order chi connectivity index (χ1) is 12.3. The summed E-state index contributed by atoms with van der Waals surface area (Å²) in [5.74, 6) is 0.0371. The molecule has 0 atom stereocenters. The molecule has 26 heavy (non-hydrogen) atoms. The Hall–Kier alpha value is -2.26. The number of benzene rings is 1. The third-order valence-corrected chi connectivity index (χ3v) is 6.17. The van der Waals surface area contributed by atoms with Gasteiger partial charge >= 0.3 is 11.8 Å². The Labute approximate surface area is 152 Å². The molecule has 2 aromatic rings. The summed E-state index contributed by atoms with van der Waals surface area (Å²) in [5, 5.41) is 7.66. The van der Waals surface area contributed by atoms with Gasteiger partial charge in [0.2, 0.25) is 15.9 Å². The number of amides is 1. The van der Waals surface area contributed by atoms with Crippen molar-refractivity contribution in [2.45, 2.75) is 31.6 Å².